The lowest BCUT2D eigenvalue weighted by molar-refractivity contribution is 0.211. The first-order valence-corrected chi connectivity index (χ1v) is 7.24. The van der Waals surface area contributed by atoms with Gasteiger partial charge in [-0.1, -0.05) is 6.07 Å². The van der Waals surface area contributed by atoms with Crippen LogP contribution in [-0.2, 0) is 0 Å². The summed E-state index contributed by atoms with van der Waals surface area (Å²) in [5.41, 5.74) is 1.17. The van der Waals surface area contributed by atoms with Crippen molar-refractivity contribution in [1.29, 1.82) is 0 Å². The van der Waals surface area contributed by atoms with Gasteiger partial charge in [0.05, 0.1) is 18.8 Å². The van der Waals surface area contributed by atoms with Crippen LogP contribution in [-0.4, -0.2) is 43.2 Å². The van der Waals surface area contributed by atoms with Crippen LogP contribution < -0.4 is 10.1 Å². The summed E-state index contributed by atoms with van der Waals surface area (Å²) in [5, 5.41) is 3.33. The summed E-state index contributed by atoms with van der Waals surface area (Å²) in [6.45, 7) is 2.27. The Morgan fingerprint density at radius 2 is 2.21 bits per heavy atom. The zero-order valence-corrected chi connectivity index (χ0v) is 11.8. The summed E-state index contributed by atoms with van der Waals surface area (Å²) in [5.74, 6) is 1.38. The Morgan fingerprint density at radius 3 is 2.89 bits per heavy atom. The summed E-state index contributed by atoms with van der Waals surface area (Å²) in [7, 11) is 3.72. The van der Waals surface area contributed by atoms with E-state index in [2.05, 4.69) is 27.3 Å². The predicted octanol–water partition coefficient (Wildman–Crippen LogP) is 1.83. The van der Waals surface area contributed by atoms with Gasteiger partial charge in [-0.25, -0.2) is 4.98 Å². The molecule has 2 atom stereocenters. The van der Waals surface area contributed by atoms with Crippen LogP contribution in [0.3, 0.4) is 0 Å². The quantitative estimate of drug-likeness (QED) is 0.877. The van der Waals surface area contributed by atoms with Gasteiger partial charge in [-0.15, -0.1) is 0 Å². The highest BCUT2D eigenvalue weighted by atomic mass is 16.5. The lowest BCUT2D eigenvalue weighted by Gasteiger charge is -2.28. The monoisotopic (exact) mass is 261 g/mol. The van der Waals surface area contributed by atoms with Crippen molar-refractivity contribution < 1.29 is 4.74 Å². The minimum atomic E-state index is 0.454. The number of nitrogens with one attached hydrogen (secondary N) is 1. The summed E-state index contributed by atoms with van der Waals surface area (Å²) >= 11 is 0. The summed E-state index contributed by atoms with van der Waals surface area (Å²) < 4.78 is 5.28. The van der Waals surface area contributed by atoms with Gasteiger partial charge in [-0.05, 0) is 51.4 Å². The highest BCUT2D eigenvalue weighted by Crippen LogP contribution is 2.43. The zero-order chi connectivity index (χ0) is 13.2. The van der Waals surface area contributed by atoms with E-state index in [-0.39, 0.29) is 0 Å². The molecule has 0 aromatic carbocycles. The first-order chi connectivity index (χ1) is 9.33. The van der Waals surface area contributed by atoms with Crippen LogP contribution in [0.25, 0.3) is 0 Å². The molecule has 1 aromatic heterocycles. The van der Waals surface area contributed by atoms with E-state index in [9.17, 15) is 0 Å². The van der Waals surface area contributed by atoms with Crippen molar-refractivity contribution in [3.05, 3.63) is 23.9 Å². The number of ether oxygens (including phenoxy) is 1. The van der Waals surface area contributed by atoms with Crippen LogP contribution in [0.1, 0.15) is 31.0 Å². The second-order valence-electron chi connectivity index (χ2n) is 5.63. The molecule has 2 heterocycles. The van der Waals surface area contributed by atoms with Crippen molar-refractivity contribution in [3.8, 4) is 5.88 Å². The van der Waals surface area contributed by atoms with Crippen molar-refractivity contribution in [2.45, 2.75) is 31.3 Å². The van der Waals surface area contributed by atoms with E-state index in [1.54, 1.807) is 7.11 Å². The van der Waals surface area contributed by atoms with E-state index < -0.39 is 0 Å². The molecule has 1 aliphatic heterocycles. The molecule has 1 N–H and O–H groups in total. The van der Waals surface area contributed by atoms with Crippen LogP contribution in [0.2, 0.25) is 0 Å². The summed E-state index contributed by atoms with van der Waals surface area (Å²) in [6, 6.07) is 7.37. The molecule has 0 bridgehead atoms. The van der Waals surface area contributed by atoms with Gasteiger partial charge >= 0.3 is 0 Å². The Kier molecular flexibility index (Phi) is 3.71. The maximum Gasteiger partial charge on any atom is 0.213 e. The molecule has 104 valence electrons. The molecule has 1 aromatic rings. The standard InChI is InChI=1S/C15H23N3O/c1-16-10-11-8-9-18(12-6-7-12)15(11)13-4-3-5-14(17-13)19-2/h3-5,11-12,15-16H,6-10H2,1-2H3. The molecule has 4 nitrogen and oxygen atoms in total. The molecule has 4 heteroatoms. The van der Waals surface area contributed by atoms with E-state index in [1.807, 2.05) is 13.1 Å². The second kappa shape index (κ2) is 5.47. The Hall–Kier alpha value is -1.13. The Labute approximate surface area is 115 Å². The number of hydrogen-bond donors (Lipinski definition) is 1. The third-order valence-corrected chi connectivity index (χ3v) is 4.30. The molecular weight excluding hydrogens is 238 g/mol. The average Bonchev–Trinajstić information content (AvgIpc) is 3.21. The first-order valence-electron chi connectivity index (χ1n) is 7.24. The molecule has 0 amide bonds. The Bertz CT molecular complexity index is 433. The van der Waals surface area contributed by atoms with Crippen LogP contribution in [0.5, 0.6) is 5.88 Å². The maximum absolute atomic E-state index is 5.28. The second-order valence-corrected chi connectivity index (χ2v) is 5.63. The van der Waals surface area contributed by atoms with Crippen LogP contribution in [0, 0.1) is 5.92 Å². The molecule has 1 saturated carbocycles. The molecule has 0 spiro atoms. The normalized spacial score (nSPS) is 27.7. The van der Waals surface area contributed by atoms with Crippen LogP contribution in [0.4, 0.5) is 0 Å². The number of methoxy groups -OCH3 is 1. The number of likely N-dealkylation sites (tertiary alicyclic amines) is 1. The van der Waals surface area contributed by atoms with Crippen molar-refractivity contribution in [2.75, 3.05) is 27.2 Å². The van der Waals surface area contributed by atoms with E-state index in [0.717, 1.165) is 18.5 Å². The van der Waals surface area contributed by atoms with Gasteiger partial charge in [0.2, 0.25) is 5.88 Å². The Balaban J connectivity index is 1.87. The number of pyridine rings is 1. The fourth-order valence-electron chi connectivity index (χ4n) is 3.29. The van der Waals surface area contributed by atoms with E-state index in [4.69, 9.17) is 4.74 Å². The highest BCUT2D eigenvalue weighted by Gasteiger charge is 2.43. The maximum atomic E-state index is 5.28. The van der Waals surface area contributed by atoms with Gasteiger partial charge < -0.3 is 10.1 Å². The Morgan fingerprint density at radius 1 is 1.37 bits per heavy atom. The molecule has 3 rings (SSSR count). The van der Waals surface area contributed by atoms with Crippen molar-refractivity contribution in [3.63, 3.8) is 0 Å². The lowest BCUT2D eigenvalue weighted by atomic mass is 9.97. The number of aromatic nitrogens is 1. The SMILES string of the molecule is CNCC1CCN(C2CC2)C1c1cccc(OC)n1. The van der Waals surface area contributed by atoms with Gasteiger partial charge in [0.1, 0.15) is 0 Å². The minimum absolute atomic E-state index is 0.454. The van der Waals surface area contributed by atoms with Gasteiger partial charge in [-0.2, -0.15) is 0 Å². The molecule has 0 radical (unpaired) electrons. The topological polar surface area (TPSA) is 37.4 Å². The van der Waals surface area contributed by atoms with Gasteiger partial charge in [0.15, 0.2) is 0 Å². The molecule has 1 saturated heterocycles. The van der Waals surface area contributed by atoms with Gasteiger partial charge in [0.25, 0.3) is 0 Å². The molecule has 2 fully saturated rings. The number of rotatable bonds is 5. The number of nitrogens with zero attached hydrogens (tertiary/aromatic N) is 2. The van der Waals surface area contributed by atoms with Crippen LogP contribution >= 0.6 is 0 Å². The molecule has 2 unspecified atom stereocenters. The summed E-state index contributed by atoms with van der Waals surface area (Å²) in [6.07, 6.45) is 3.97. The third-order valence-electron chi connectivity index (χ3n) is 4.30. The summed E-state index contributed by atoms with van der Waals surface area (Å²) in [4.78, 5) is 7.33. The molecule has 2 aliphatic rings. The molecule has 1 aliphatic carbocycles. The number of hydrogen-bond acceptors (Lipinski definition) is 4. The van der Waals surface area contributed by atoms with Crippen molar-refractivity contribution in [2.24, 2.45) is 5.92 Å². The van der Waals surface area contributed by atoms with Crippen molar-refractivity contribution >= 4 is 0 Å². The van der Waals surface area contributed by atoms with E-state index >= 15 is 0 Å². The van der Waals surface area contributed by atoms with E-state index in [1.165, 1.54) is 31.5 Å². The first kappa shape index (κ1) is 12.9. The zero-order valence-electron chi connectivity index (χ0n) is 11.8. The third kappa shape index (κ3) is 2.60. The predicted molar refractivity (Wildman–Crippen MR) is 75.3 cm³/mol. The molecule has 19 heavy (non-hydrogen) atoms. The van der Waals surface area contributed by atoms with Gasteiger partial charge in [0, 0.05) is 12.1 Å². The fourth-order valence-corrected chi connectivity index (χ4v) is 3.29. The van der Waals surface area contributed by atoms with Gasteiger partial charge in [-0.3, -0.25) is 4.90 Å². The highest BCUT2D eigenvalue weighted by molar-refractivity contribution is 5.20. The average molecular weight is 261 g/mol. The van der Waals surface area contributed by atoms with Crippen LogP contribution in [0.15, 0.2) is 18.2 Å². The molecular formula is C15H23N3O. The largest absolute Gasteiger partial charge is 0.481 e. The minimum Gasteiger partial charge on any atom is -0.481 e. The fraction of sp³-hybridized carbons (Fsp3) is 0.667. The smallest absolute Gasteiger partial charge is 0.213 e. The van der Waals surface area contributed by atoms with Crippen molar-refractivity contribution in [1.82, 2.24) is 15.2 Å². The van der Waals surface area contributed by atoms with E-state index in [0.29, 0.717) is 12.0 Å². The lowest BCUT2D eigenvalue weighted by Crippen LogP contribution is -2.31.